The number of pyridine rings is 1. The highest BCUT2D eigenvalue weighted by Crippen LogP contribution is 2.31. The van der Waals surface area contributed by atoms with Crippen molar-refractivity contribution < 1.29 is 4.79 Å². The number of nitrogens with one attached hydrogen (secondary N) is 1. The lowest BCUT2D eigenvalue weighted by atomic mass is 10.1. The molecule has 144 valence electrons. The van der Waals surface area contributed by atoms with Crippen LogP contribution in [0.15, 0.2) is 47.8 Å². The maximum atomic E-state index is 12.4. The molecule has 3 aromatic rings. The summed E-state index contributed by atoms with van der Waals surface area (Å²) in [6.07, 6.45) is 3.90. The highest BCUT2D eigenvalue weighted by atomic mass is 32.2. The van der Waals surface area contributed by atoms with Crippen LogP contribution in [0.5, 0.6) is 0 Å². The highest BCUT2D eigenvalue weighted by molar-refractivity contribution is 8.00. The van der Waals surface area contributed by atoms with E-state index < -0.39 is 0 Å². The maximum Gasteiger partial charge on any atom is 0.233 e. The van der Waals surface area contributed by atoms with E-state index in [1.807, 2.05) is 29.7 Å². The van der Waals surface area contributed by atoms with E-state index in [-0.39, 0.29) is 11.2 Å². The third-order valence-electron chi connectivity index (χ3n) is 4.70. The maximum absolute atomic E-state index is 12.4. The minimum atomic E-state index is -0.258. The number of aromatic nitrogens is 4. The quantitative estimate of drug-likeness (QED) is 0.647. The molecular formula is C21H23N5OS. The van der Waals surface area contributed by atoms with Crippen molar-refractivity contribution in [1.29, 1.82) is 0 Å². The smallest absolute Gasteiger partial charge is 0.233 e. The Morgan fingerprint density at radius 1 is 1.21 bits per heavy atom. The number of benzene rings is 1. The summed E-state index contributed by atoms with van der Waals surface area (Å²) < 4.78 is 2.00. The molecule has 0 bridgehead atoms. The van der Waals surface area contributed by atoms with Gasteiger partial charge in [-0.3, -0.25) is 14.3 Å². The Balaban J connectivity index is 1.73. The molecule has 7 heteroatoms. The Morgan fingerprint density at radius 3 is 2.71 bits per heavy atom. The van der Waals surface area contributed by atoms with Crippen LogP contribution in [0.1, 0.15) is 30.9 Å². The second kappa shape index (κ2) is 7.75. The fourth-order valence-corrected chi connectivity index (χ4v) is 3.91. The van der Waals surface area contributed by atoms with Crippen molar-refractivity contribution in [2.24, 2.45) is 0 Å². The largest absolute Gasteiger partial charge is 0.352 e. The van der Waals surface area contributed by atoms with Gasteiger partial charge in [-0.1, -0.05) is 35.5 Å². The molecular weight excluding hydrogens is 370 g/mol. The Labute approximate surface area is 168 Å². The van der Waals surface area contributed by atoms with E-state index >= 15 is 0 Å². The first-order chi connectivity index (χ1) is 13.5. The van der Waals surface area contributed by atoms with Crippen molar-refractivity contribution in [2.75, 3.05) is 0 Å². The van der Waals surface area contributed by atoms with Gasteiger partial charge in [0.1, 0.15) is 5.69 Å². The summed E-state index contributed by atoms with van der Waals surface area (Å²) in [5.41, 5.74) is 4.06. The molecule has 4 rings (SSSR count). The molecule has 6 nitrogen and oxygen atoms in total. The van der Waals surface area contributed by atoms with E-state index in [0.29, 0.717) is 17.0 Å². The molecule has 0 unspecified atom stereocenters. The van der Waals surface area contributed by atoms with Crippen molar-refractivity contribution in [3.05, 3.63) is 53.7 Å². The number of aryl methyl sites for hydroxylation is 2. The van der Waals surface area contributed by atoms with Crippen molar-refractivity contribution in [3.8, 4) is 17.2 Å². The van der Waals surface area contributed by atoms with Gasteiger partial charge in [0.05, 0.1) is 10.9 Å². The third-order valence-corrected chi connectivity index (χ3v) is 5.74. The Bertz CT molecular complexity index is 997. The van der Waals surface area contributed by atoms with Crippen LogP contribution < -0.4 is 5.32 Å². The molecule has 28 heavy (non-hydrogen) atoms. The lowest BCUT2D eigenvalue weighted by molar-refractivity contribution is -0.120. The minimum Gasteiger partial charge on any atom is -0.352 e. The minimum absolute atomic E-state index is 0.0436. The second-order valence-electron chi connectivity index (χ2n) is 7.19. The fourth-order valence-electron chi connectivity index (χ4n) is 3.04. The van der Waals surface area contributed by atoms with Gasteiger partial charge >= 0.3 is 0 Å². The van der Waals surface area contributed by atoms with E-state index in [9.17, 15) is 4.79 Å². The summed E-state index contributed by atoms with van der Waals surface area (Å²) >= 11 is 1.42. The molecule has 0 aliphatic heterocycles. The average molecular weight is 394 g/mol. The Kier molecular flexibility index (Phi) is 5.17. The van der Waals surface area contributed by atoms with Gasteiger partial charge in [0.2, 0.25) is 5.91 Å². The van der Waals surface area contributed by atoms with Crippen LogP contribution >= 0.6 is 11.8 Å². The van der Waals surface area contributed by atoms with E-state index in [0.717, 1.165) is 29.8 Å². The van der Waals surface area contributed by atoms with Gasteiger partial charge in [-0.25, -0.2) is 0 Å². The van der Waals surface area contributed by atoms with Crippen LogP contribution in [0.3, 0.4) is 0 Å². The fraction of sp³-hybridized carbons (Fsp3) is 0.333. The molecule has 1 aromatic carbocycles. The predicted molar refractivity (Wildman–Crippen MR) is 111 cm³/mol. The van der Waals surface area contributed by atoms with Crippen LogP contribution in [0.25, 0.3) is 17.2 Å². The van der Waals surface area contributed by atoms with Gasteiger partial charge in [0.15, 0.2) is 11.0 Å². The number of carbonyl (C=O) groups excluding carboxylic acids is 1. The van der Waals surface area contributed by atoms with Gasteiger partial charge in [-0.2, -0.15) is 0 Å². The molecule has 0 saturated heterocycles. The standard InChI is InChI=1S/C21H23N5OS/c1-13-7-10-18(14(2)12-13)26-19(17-6-4-5-11-22-17)24-25-21(26)28-15(3)20(27)23-16-8-9-16/h4-7,10-12,15-16H,8-9H2,1-3H3,(H,23,27)/t15-/m1/s1. The van der Waals surface area contributed by atoms with Crippen LogP contribution in [0, 0.1) is 13.8 Å². The van der Waals surface area contributed by atoms with Crippen LogP contribution in [-0.2, 0) is 4.79 Å². The number of amides is 1. The first-order valence-corrected chi connectivity index (χ1v) is 10.3. The van der Waals surface area contributed by atoms with Crippen molar-refractivity contribution >= 4 is 17.7 Å². The Morgan fingerprint density at radius 2 is 2.04 bits per heavy atom. The molecule has 0 spiro atoms. The van der Waals surface area contributed by atoms with Gasteiger partial charge in [0, 0.05) is 12.2 Å². The summed E-state index contributed by atoms with van der Waals surface area (Å²) in [5.74, 6) is 0.715. The summed E-state index contributed by atoms with van der Waals surface area (Å²) in [4.78, 5) is 16.9. The summed E-state index contributed by atoms with van der Waals surface area (Å²) in [7, 11) is 0. The molecule has 1 saturated carbocycles. The lowest BCUT2D eigenvalue weighted by Crippen LogP contribution is -2.32. The first kappa shape index (κ1) is 18.7. The van der Waals surface area contributed by atoms with Gasteiger partial charge < -0.3 is 5.32 Å². The molecule has 1 aliphatic rings. The van der Waals surface area contributed by atoms with E-state index in [4.69, 9.17) is 0 Å². The van der Waals surface area contributed by atoms with Crippen LogP contribution in [0.4, 0.5) is 0 Å². The number of hydrogen-bond acceptors (Lipinski definition) is 5. The molecule has 1 atom stereocenters. The molecule has 1 fully saturated rings. The molecule has 1 N–H and O–H groups in total. The summed E-state index contributed by atoms with van der Waals surface area (Å²) in [6.45, 7) is 6.05. The van der Waals surface area contributed by atoms with E-state index in [1.165, 1.54) is 17.3 Å². The van der Waals surface area contributed by atoms with E-state index in [1.54, 1.807) is 6.20 Å². The molecule has 0 radical (unpaired) electrons. The number of hydrogen-bond donors (Lipinski definition) is 1. The van der Waals surface area contributed by atoms with Crippen LogP contribution in [0.2, 0.25) is 0 Å². The van der Waals surface area contributed by atoms with E-state index in [2.05, 4.69) is 52.5 Å². The summed E-state index contributed by atoms with van der Waals surface area (Å²) in [5, 5.41) is 12.3. The highest BCUT2D eigenvalue weighted by Gasteiger charge is 2.28. The molecule has 1 amide bonds. The Hall–Kier alpha value is -2.67. The second-order valence-corrected chi connectivity index (χ2v) is 8.50. The molecule has 1 aliphatic carbocycles. The van der Waals surface area contributed by atoms with Crippen molar-refractivity contribution in [3.63, 3.8) is 0 Å². The van der Waals surface area contributed by atoms with Crippen molar-refractivity contribution in [1.82, 2.24) is 25.1 Å². The normalized spacial score (nSPS) is 14.7. The molecule has 2 aromatic heterocycles. The zero-order valence-electron chi connectivity index (χ0n) is 16.2. The van der Waals surface area contributed by atoms with Crippen molar-refractivity contribution in [2.45, 2.75) is 50.1 Å². The number of thioether (sulfide) groups is 1. The SMILES string of the molecule is Cc1ccc(-n2c(S[C@H](C)C(=O)NC3CC3)nnc2-c2ccccn2)c(C)c1. The number of carbonyl (C=O) groups is 1. The molecule has 2 heterocycles. The zero-order chi connectivity index (χ0) is 19.7. The van der Waals surface area contributed by atoms with Crippen LogP contribution in [-0.4, -0.2) is 36.9 Å². The monoisotopic (exact) mass is 393 g/mol. The third kappa shape index (κ3) is 3.94. The lowest BCUT2D eigenvalue weighted by Gasteiger charge is -2.15. The number of nitrogens with zero attached hydrogens (tertiary/aromatic N) is 4. The topological polar surface area (TPSA) is 72.7 Å². The number of rotatable bonds is 6. The van der Waals surface area contributed by atoms with Gasteiger partial charge in [0.25, 0.3) is 0 Å². The van der Waals surface area contributed by atoms with Gasteiger partial charge in [-0.05, 0) is 57.4 Å². The summed E-state index contributed by atoms with van der Waals surface area (Å²) in [6, 6.07) is 12.3. The first-order valence-electron chi connectivity index (χ1n) is 9.44. The average Bonchev–Trinajstić information content (AvgIpc) is 3.41. The zero-order valence-corrected chi connectivity index (χ0v) is 17.0. The van der Waals surface area contributed by atoms with Gasteiger partial charge in [-0.15, -0.1) is 10.2 Å². The predicted octanol–water partition coefficient (Wildman–Crippen LogP) is 3.71.